The average Bonchev–Trinajstić information content (AvgIpc) is 3.30. The molecule has 2 bridgehead atoms. The van der Waals surface area contributed by atoms with E-state index >= 15 is 0 Å². The summed E-state index contributed by atoms with van der Waals surface area (Å²) < 4.78 is 11.2. The van der Waals surface area contributed by atoms with Crippen LogP contribution in [0.5, 0.6) is 0 Å². The van der Waals surface area contributed by atoms with Gasteiger partial charge in [-0.25, -0.2) is 0 Å². The summed E-state index contributed by atoms with van der Waals surface area (Å²) in [5, 5.41) is 0. The molecule has 4 rings (SSSR count). The van der Waals surface area contributed by atoms with Gasteiger partial charge in [-0.3, -0.25) is 4.79 Å². The first kappa shape index (κ1) is 18.5. The standard InChI is InChI=1S/C23H36O3/c1-2-25-16-26-22(24)23(19-11-7-4-8-12-19)20-14-13-18(15-20)21(23)17-9-5-3-6-10-17/h17,19-20H,2-16H2,1H3. The molecule has 26 heavy (non-hydrogen) atoms. The molecule has 2 atom stereocenters. The van der Waals surface area contributed by atoms with Crippen LogP contribution in [0, 0.1) is 23.2 Å². The lowest BCUT2D eigenvalue weighted by Crippen LogP contribution is -2.48. The fourth-order valence-electron chi connectivity index (χ4n) is 6.87. The van der Waals surface area contributed by atoms with Gasteiger partial charge in [-0.2, -0.15) is 0 Å². The van der Waals surface area contributed by atoms with E-state index in [1.807, 2.05) is 6.92 Å². The van der Waals surface area contributed by atoms with Crippen LogP contribution < -0.4 is 0 Å². The van der Waals surface area contributed by atoms with Crippen molar-refractivity contribution in [1.29, 1.82) is 0 Å². The maximum atomic E-state index is 13.6. The zero-order valence-corrected chi connectivity index (χ0v) is 16.6. The van der Waals surface area contributed by atoms with Crippen molar-refractivity contribution in [3.63, 3.8) is 0 Å². The molecule has 3 nitrogen and oxygen atoms in total. The van der Waals surface area contributed by atoms with Crippen molar-refractivity contribution in [3.8, 4) is 0 Å². The summed E-state index contributed by atoms with van der Waals surface area (Å²) in [6, 6.07) is 0. The van der Waals surface area contributed by atoms with Gasteiger partial charge in [-0.15, -0.1) is 0 Å². The number of carbonyl (C=O) groups is 1. The highest BCUT2D eigenvalue weighted by atomic mass is 16.7. The number of carbonyl (C=O) groups excluding carboxylic acids is 1. The predicted molar refractivity (Wildman–Crippen MR) is 103 cm³/mol. The SMILES string of the molecule is CCOCOC(=O)C1(C2CCCCC2)C(C2CCCCC2)=C2CCC1C2. The Bertz CT molecular complexity index is 540. The molecule has 3 saturated carbocycles. The smallest absolute Gasteiger partial charge is 0.318 e. The van der Waals surface area contributed by atoms with E-state index in [1.54, 1.807) is 11.1 Å². The lowest BCUT2D eigenvalue weighted by molar-refractivity contribution is -0.174. The van der Waals surface area contributed by atoms with Crippen LogP contribution >= 0.6 is 0 Å². The van der Waals surface area contributed by atoms with Gasteiger partial charge in [-0.1, -0.05) is 49.7 Å². The zero-order chi connectivity index (χ0) is 18.0. The van der Waals surface area contributed by atoms with Crippen LogP contribution in [0.1, 0.15) is 90.4 Å². The summed E-state index contributed by atoms with van der Waals surface area (Å²) in [4.78, 5) is 13.6. The Hall–Kier alpha value is -0.830. The van der Waals surface area contributed by atoms with Crippen LogP contribution in [-0.4, -0.2) is 19.4 Å². The van der Waals surface area contributed by atoms with E-state index in [2.05, 4.69) is 0 Å². The summed E-state index contributed by atoms with van der Waals surface area (Å²) in [7, 11) is 0. The van der Waals surface area contributed by atoms with Gasteiger partial charge in [0.1, 0.15) is 0 Å². The van der Waals surface area contributed by atoms with Crippen LogP contribution in [-0.2, 0) is 14.3 Å². The van der Waals surface area contributed by atoms with Gasteiger partial charge in [-0.05, 0) is 69.6 Å². The van der Waals surface area contributed by atoms with Gasteiger partial charge in [0.05, 0.1) is 5.41 Å². The molecule has 0 spiro atoms. The maximum absolute atomic E-state index is 13.6. The van der Waals surface area contributed by atoms with Gasteiger partial charge < -0.3 is 9.47 Å². The first-order chi connectivity index (χ1) is 12.8. The van der Waals surface area contributed by atoms with Gasteiger partial charge >= 0.3 is 5.97 Å². The highest BCUT2D eigenvalue weighted by molar-refractivity contribution is 5.83. The highest BCUT2D eigenvalue weighted by Crippen LogP contribution is 2.65. The first-order valence-corrected chi connectivity index (χ1v) is 11.3. The van der Waals surface area contributed by atoms with Crippen molar-refractivity contribution >= 4 is 5.97 Å². The van der Waals surface area contributed by atoms with Crippen molar-refractivity contribution in [2.24, 2.45) is 23.2 Å². The molecule has 146 valence electrons. The van der Waals surface area contributed by atoms with Gasteiger partial charge in [0.15, 0.2) is 6.79 Å². The largest absolute Gasteiger partial charge is 0.438 e. The van der Waals surface area contributed by atoms with Gasteiger partial charge in [0.25, 0.3) is 0 Å². The Labute approximate surface area is 158 Å². The second-order valence-corrected chi connectivity index (χ2v) is 9.04. The van der Waals surface area contributed by atoms with Crippen LogP contribution in [0.15, 0.2) is 11.1 Å². The van der Waals surface area contributed by atoms with Crippen molar-refractivity contribution in [2.75, 3.05) is 13.4 Å². The van der Waals surface area contributed by atoms with Gasteiger partial charge in [0.2, 0.25) is 0 Å². The van der Waals surface area contributed by atoms with Crippen LogP contribution in [0.25, 0.3) is 0 Å². The first-order valence-electron chi connectivity index (χ1n) is 11.3. The summed E-state index contributed by atoms with van der Waals surface area (Å²) >= 11 is 0. The topological polar surface area (TPSA) is 35.5 Å². The molecule has 4 aliphatic rings. The number of ether oxygens (including phenoxy) is 2. The Morgan fingerprint density at radius 3 is 2.35 bits per heavy atom. The van der Waals surface area contributed by atoms with E-state index in [0.29, 0.717) is 24.4 Å². The van der Waals surface area contributed by atoms with Crippen LogP contribution in [0.4, 0.5) is 0 Å². The summed E-state index contributed by atoms with van der Waals surface area (Å²) in [5.74, 6) is 1.72. The normalized spacial score (nSPS) is 33.0. The Morgan fingerprint density at radius 2 is 1.65 bits per heavy atom. The molecule has 0 aromatic heterocycles. The van der Waals surface area contributed by atoms with E-state index in [-0.39, 0.29) is 18.2 Å². The molecule has 0 aromatic rings. The van der Waals surface area contributed by atoms with E-state index < -0.39 is 0 Å². The lowest BCUT2D eigenvalue weighted by atomic mass is 9.56. The fourth-order valence-corrected chi connectivity index (χ4v) is 6.87. The molecule has 0 heterocycles. The van der Waals surface area contributed by atoms with E-state index in [1.165, 1.54) is 83.5 Å². The molecular weight excluding hydrogens is 324 g/mol. The zero-order valence-electron chi connectivity index (χ0n) is 16.6. The van der Waals surface area contributed by atoms with Crippen LogP contribution in [0.3, 0.4) is 0 Å². The molecule has 3 fully saturated rings. The Kier molecular flexibility index (Phi) is 5.73. The molecule has 0 saturated heterocycles. The van der Waals surface area contributed by atoms with Crippen molar-refractivity contribution < 1.29 is 14.3 Å². The number of fused-ring (bicyclic) bond motifs is 2. The summed E-state index contributed by atoms with van der Waals surface area (Å²) in [5.41, 5.74) is 2.94. The monoisotopic (exact) mass is 360 g/mol. The minimum Gasteiger partial charge on any atom is -0.438 e. The van der Waals surface area contributed by atoms with E-state index in [0.717, 1.165) is 0 Å². The van der Waals surface area contributed by atoms with E-state index in [9.17, 15) is 4.79 Å². The quantitative estimate of drug-likeness (QED) is 0.261. The number of hydrogen-bond acceptors (Lipinski definition) is 3. The lowest BCUT2D eigenvalue weighted by Gasteiger charge is -2.47. The Morgan fingerprint density at radius 1 is 0.962 bits per heavy atom. The third-order valence-electron chi connectivity index (χ3n) is 7.84. The molecule has 0 N–H and O–H groups in total. The van der Waals surface area contributed by atoms with Gasteiger partial charge in [0, 0.05) is 6.61 Å². The number of hydrogen-bond donors (Lipinski definition) is 0. The van der Waals surface area contributed by atoms with Crippen LogP contribution in [0.2, 0.25) is 0 Å². The van der Waals surface area contributed by atoms with Crippen molar-refractivity contribution in [3.05, 3.63) is 11.1 Å². The summed E-state index contributed by atoms with van der Waals surface area (Å²) in [6.45, 7) is 2.69. The fraction of sp³-hybridized carbons (Fsp3) is 0.870. The molecule has 0 amide bonds. The number of rotatable bonds is 6. The van der Waals surface area contributed by atoms with Crippen molar-refractivity contribution in [1.82, 2.24) is 0 Å². The number of allylic oxidation sites excluding steroid dienone is 1. The molecule has 4 aliphatic carbocycles. The average molecular weight is 361 g/mol. The molecule has 0 radical (unpaired) electrons. The molecule has 2 unspecified atom stereocenters. The second-order valence-electron chi connectivity index (χ2n) is 9.04. The molecule has 0 aromatic carbocycles. The maximum Gasteiger partial charge on any atom is 0.318 e. The minimum atomic E-state index is -0.299. The molecule has 0 aliphatic heterocycles. The second kappa shape index (κ2) is 8.04. The Balaban J connectivity index is 1.69. The minimum absolute atomic E-state index is 0.0677. The third-order valence-corrected chi connectivity index (χ3v) is 7.84. The number of esters is 1. The highest BCUT2D eigenvalue weighted by Gasteiger charge is 2.62. The summed E-state index contributed by atoms with van der Waals surface area (Å²) in [6.07, 6.45) is 16.6. The molecule has 3 heteroatoms. The van der Waals surface area contributed by atoms with E-state index in [4.69, 9.17) is 9.47 Å². The molecular formula is C23H36O3. The van der Waals surface area contributed by atoms with Crippen molar-refractivity contribution in [2.45, 2.75) is 90.4 Å². The third kappa shape index (κ3) is 3.04. The predicted octanol–water partition coefficient (Wildman–Crippen LogP) is 5.78.